The lowest BCUT2D eigenvalue weighted by molar-refractivity contribution is 0.0945. The molecule has 1 aromatic rings. The van der Waals surface area contributed by atoms with Crippen molar-refractivity contribution in [2.45, 2.75) is 19.8 Å². The Labute approximate surface area is 109 Å². The van der Waals surface area contributed by atoms with E-state index < -0.39 is 5.82 Å². The Morgan fingerprint density at radius 2 is 2.29 bits per heavy atom. The van der Waals surface area contributed by atoms with Gasteiger partial charge in [0.15, 0.2) is 0 Å². The van der Waals surface area contributed by atoms with Crippen LogP contribution in [-0.2, 0) is 0 Å². The van der Waals surface area contributed by atoms with Crippen molar-refractivity contribution >= 4 is 21.8 Å². The van der Waals surface area contributed by atoms with Gasteiger partial charge in [-0.25, -0.2) is 4.39 Å². The summed E-state index contributed by atoms with van der Waals surface area (Å²) in [5.41, 5.74) is 0.355. The number of hydrogen-bond acceptors (Lipinski definition) is 1. The van der Waals surface area contributed by atoms with Crippen molar-refractivity contribution in [2.24, 2.45) is 11.8 Å². The highest BCUT2D eigenvalue weighted by Crippen LogP contribution is 2.36. The van der Waals surface area contributed by atoms with Crippen LogP contribution in [0.3, 0.4) is 0 Å². The molecular formula is C13H15BrFNO. The molecule has 1 aromatic carbocycles. The molecule has 1 aliphatic rings. The van der Waals surface area contributed by atoms with E-state index in [9.17, 15) is 9.18 Å². The Morgan fingerprint density at radius 1 is 1.59 bits per heavy atom. The highest BCUT2D eigenvalue weighted by atomic mass is 79.9. The lowest BCUT2D eigenvalue weighted by Gasteiger charge is -2.12. The van der Waals surface area contributed by atoms with Gasteiger partial charge in [-0.1, -0.05) is 13.0 Å². The number of nitrogens with one attached hydrogen (secondary N) is 1. The Bertz CT molecular complexity index is 431. The van der Waals surface area contributed by atoms with Crippen LogP contribution in [0.1, 0.15) is 30.1 Å². The van der Waals surface area contributed by atoms with Gasteiger partial charge < -0.3 is 5.32 Å². The number of carbonyl (C=O) groups is 1. The van der Waals surface area contributed by atoms with Gasteiger partial charge in [-0.05, 0) is 52.7 Å². The summed E-state index contributed by atoms with van der Waals surface area (Å²) in [6.07, 6.45) is 2.53. The highest BCUT2D eigenvalue weighted by molar-refractivity contribution is 9.10. The molecule has 1 N–H and O–H groups in total. The second kappa shape index (κ2) is 5.17. The molecule has 0 aromatic heterocycles. The molecule has 1 atom stereocenters. The SMILES string of the molecule is CC(CNC(=O)c1cccc(F)c1Br)C1CC1. The third-order valence-electron chi connectivity index (χ3n) is 3.21. The van der Waals surface area contributed by atoms with Gasteiger partial charge in [-0.3, -0.25) is 4.79 Å². The van der Waals surface area contributed by atoms with Gasteiger partial charge in [-0.2, -0.15) is 0 Å². The Hall–Kier alpha value is -0.900. The molecule has 0 heterocycles. The van der Waals surface area contributed by atoms with Crippen LogP contribution in [0.25, 0.3) is 0 Å². The monoisotopic (exact) mass is 299 g/mol. The fraction of sp³-hybridized carbons (Fsp3) is 0.462. The number of halogens is 2. The maximum absolute atomic E-state index is 13.2. The number of hydrogen-bond donors (Lipinski definition) is 1. The molecule has 0 saturated heterocycles. The lowest BCUT2D eigenvalue weighted by atomic mass is 10.1. The molecule has 17 heavy (non-hydrogen) atoms. The van der Waals surface area contributed by atoms with Crippen LogP contribution < -0.4 is 5.32 Å². The van der Waals surface area contributed by atoms with Crippen LogP contribution in [-0.4, -0.2) is 12.5 Å². The zero-order valence-corrected chi connectivity index (χ0v) is 11.3. The lowest BCUT2D eigenvalue weighted by Crippen LogP contribution is -2.29. The van der Waals surface area contributed by atoms with Crippen LogP contribution in [0.2, 0.25) is 0 Å². The van der Waals surface area contributed by atoms with E-state index in [2.05, 4.69) is 28.2 Å². The van der Waals surface area contributed by atoms with Gasteiger partial charge in [0.05, 0.1) is 10.0 Å². The van der Waals surface area contributed by atoms with Crippen molar-refractivity contribution in [1.29, 1.82) is 0 Å². The minimum Gasteiger partial charge on any atom is -0.352 e. The van der Waals surface area contributed by atoms with E-state index in [0.717, 1.165) is 5.92 Å². The molecule has 1 fully saturated rings. The van der Waals surface area contributed by atoms with Crippen molar-refractivity contribution in [1.82, 2.24) is 5.32 Å². The van der Waals surface area contributed by atoms with E-state index in [0.29, 0.717) is 18.0 Å². The van der Waals surface area contributed by atoms with Crippen LogP contribution in [0.4, 0.5) is 4.39 Å². The second-order valence-corrected chi connectivity index (χ2v) is 5.42. The van der Waals surface area contributed by atoms with Crippen LogP contribution in [0.15, 0.2) is 22.7 Å². The molecule has 0 radical (unpaired) electrons. The standard InChI is InChI=1S/C13H15BrFNO/c1-8(9-5-6-9)7-16-13(17)10-3-2-4-11(15)12(10)14/h2-4,8-9H,5-7H2,1H3,(H,16,17). The molecule has 1 amide bonds. The van der Waals surface area contributed by atoms with E-state index in [1.54, 1.807) is 12.1 Å². The highest BCUT2D eigenvalue weighted by Gasteiger charge is 2.28. The van der Waals surface area contributed by atoms with Gasteiger partial charge in [0.25, 0.3) is 5.91 Å². The van der Waals surface area contributed by atoms with E-state index in [1.807, 2.05) is 0 Å². The van der Waals surface area contributed by atoms with E-state index in [-0.39, 0.29) is 10.4 Å². The van der Waals surface area contributed by atoms with Crippen molar-refractivity contribution in [3.8, 4) is 0 Å². The molecule has 0 spiro atoms. The van der Waals surface area contributed by atoms with Crippen molar-refractivity contribution in [3.63, 3.8) is 0 Å². The largest absolute Gasteiger partial charge is 0.352 e. The molecule has 92 valence electrons. The van der Waals surface area contributed by atoms with Gasteiger partial charge >= 0.3 is 0 Å². The van der Waals surface area contributed by atoms with Crippen LogP contribution in [0, 0.1) is 17.7 Å². The van der Waals surface area contributed by atoms with Gasteiger partial charge in [-0.15, -0.1) is 0 Å². The summed E-state index contributed by atoms with van der Waals surface area (Å²) in [5, 5.41) is 2.85. The quantitative estimate of drug-likeness (QED) is 0.907. The molecule has 2 rings (SSSR count). The normalized spacial score (nSPS) is 16.6. The average Bonchev–Trinajstić information content (AvgIpc) is 3.13. The van der Waals surface area contributed by atoms with E-state index >= 15 is 0 Å². The minimum absolute atomic E-state index is 0.219. The third-order valence-corrected chi connectivity index (χ3v) is 4.01. The van der Waals surface area contributed by atoms with Crippen molar-refractivity contribution in [2.75, 3.05) is 6.54 Å². The molecule has 0 aliphatic heterocycles. The second-order valence-electron chi connectivity index (χ2n) is 4.63. The number of carbonyl (C=O) groups excluding carboxylic acids is 1. The topological polar surface area (TPSA) is 29.1 Å². The molecule has 1 unspecified atom stereocenters. The summed E-state index contributed by atoms with van der Waals surface area (Å²) >= 11 is 3.09. The third kappa shape index (κ3) is 3.06. The fourth-order valence-electron chi connectivity index (χ4n) is 1.86. The Kier molecular flexibility index (Phi) is 3.82. The molecule has 4 heteroatoms. The molecule has 0 bridgehead atoms. The van der Waals surface area contributed by atoms with Crippen molar-refractivity contribution in [3.05, 3.63) is 34.1 Å². The first-order valence-electron chi connectivity index (χ1n) is 5.82. The predicted molar refractivity (Wildman–Crippen MR) is 68.3 cm³/mol. The van der Waals surface area contributed by atoms with E-state index in [1.165, 1.54) is 18.9 Å². The average molecular weight is 300 g/mol. The smallest absolute Gasteiger partial charge is 0.252 e. The van der Waals surface area contributed by atoms with Gasteiger partial charge in [0.1, 0.15) is 5.82 Å². The van der Waals surface area contributed by atoms with Crippen LogP contribution in [0.5, 0.6) is 0 Å². The summed E-state index contributed by atoms with van der Waals surface area (Å²) in [6.45, 7) is 2.80. The number of rotatable bonds is 4. The minimum atomic E-state index is -0.409. The summed E-state index contributed by atoms with van der Waals surface area (Å²) in [7, 11) is 0. The summed E-state index contributed by atoms with van der Waals surface area (Å²) < 4.78 is 13.5. The van der Waals surface area contributed by atoms with E-state index in [4.69, 9.17) is 0 Å². The number of benzene rings is 1. The first-order chi connectivity index (χ1) is 8.09. The maximum Gasteiger partial charge on any atom is 0.252 e. The molecule has 1 aliphatic carbocycles. The predicted octanol–water partition coefficient (Wildman–Crippen LogP) is 3.36. The van der Waals surface area contributed by atoms with Crippen molar-refractivity contribution < 1.29 is 9.18 Å². The first-order valence-corrected chi connectivity index (χ1v) is 6.61. The molecular weight excluding hydrogens is 285 g/mol. The summed E-state index contributed by atoms with van der Waals surface area (Å²) in [5.74, 6) is 0.634. The Balaban J connectivity index is 1.96. The summed E-state index contributed by atoms with van der Waals surface area (Å²) in [4.78, 5) is 11.9. The van der Waals surface area contributed by atoms with Gasteiger partial charge in [0, 0.05) is 6.54 Å². The molecule has 2 nitrogen and oxygen atoms in total. The zero-order valence-electron chi connectivity index (χ0n) is 9.67. The maximum atomic E-state index is 13.2. The summed E-state index contributed by atoms with van der Waals surface area (Å²) in [6, 6.07) is 4.48. The molecule has 1 saturated carbocycles. The first kappa shape index (κ1) is 12.6. The van der Waals surface area contributed by atoms with Gasteiger partial charge in [0.2, 0.25) is 0 Å². The van der Waals surface area contributed by atoms with Crippen LogP contribution >= 0.6 is 15.9 Å². The fourth-order valence-corrected chi connectivity index (χ4v) is 2.30. The Morgan fingerprint density at radius 3 is 2.94 bits per heavy atom. The zero-order chi connectivity index (χ0) is 12.4. The number of amides is 1.